The third-order valence-electron chi connectivity index (χ3n) is 2.32. The van der Waals surface area contributed by atoms with E-state index >= 15 is 0 Å². The summed E-state index contributed by atoms with van der Waals surface area (Å²) in [5, 5.41) is 2.83. The second-order valence-electron chi connectivity index (χ2n) is 3.71. The number of imidazole rings is 1. The maximum atomic E-state index is 5.78. The van der Waals surface area contributed by atoms with Gasteiger partial charge in [-0.1, -0.05) is 0 Å². The van der Waals surface area contributed by atoms with Crippen LogP contribution in [0.3, 0.4) is 0 Å². The van der Waals surface area contributed by atoms with Crippen molar-refractivity contribution in [3.05, 3.63) is 22.9 Å². The molecule has 0 aliphatic carbocycles. The molecule has 3 aromatic heterocycles. The van der Waals surface area contributed by atoms with Gasteiger partial charge in [-0.25, -0.2) is 19.9 Å². The van der Waals surface area contributed by atoms with Crippen molar-refractivity contribution in [1.82, 2.24) is 24.9 Å². The predicted octanol–water partition coefficient (Wildman–Crippen LogP) is 1.50. The molecule has 0 amide bonds. The number of thiazole rings is 1. The zero-order chi connectivity index (χ0) is 11.8. The van der Waals surface area contributed by atoms with E-state index in [2.05, 4.69) is 24.9 Å². The fraction of sp³-hybridized carbons (Fsp3) is 0.200. The summed E-state index contributed by atoms with van der Waals surface area (Å²) in [4.78, 5) is 19.9. The summed E-state index contributed by atoms with van der Waals surface area (Å²) in [5.41, 5.74) is 8.01. The number of nitrogens with zero attached hydrogens (tertiary/aromatic N) is 4. The van der Waals surface area contributed by atoms with Crippen molar-refractivity contribution >= 4 is 22.5 Å². The molecule has 17 heavy (non-hydrogen) atoms. The summed E-state index contributed by atoms with van der Waals surface area (Å²) in [6.45, 7) is 1.91. The third kappa shape index (κ3) is 1.79. The van der Waals surface area contributed by atoms with Gasteiger partial charge in [0.2, 0.25) is 0 Å². The zero-order valence-corrected chi connectivity index (χ0v) is 9.90. The van der Waals surface area contributed by atoms with Crippen molar-refractivity contribution in [3.63, 3.8) is 0 Å². The summed E-state index contributed by atoms with van der Waals surface area (Å²) < 4.78 is 0. The van der Waals surface area contributed by atoms with Crippen molar-refractivity contribution in [2.24, 2.45) is 5.73 Å². The highest BCUT2D eigenvalue weighted by molar-refractivity contribution is 7.10. The van der Waals surface area contributed by atoms with E-state index in [0.29, 0.717) is 11.5 Å². The Bertz CT molecular complexity index is 622. The van der Waals surface area contributed by atoms with E-state index in [1.54, 1.807) is 6.20 Å². The lowest BCUT2D eigenvalue weighted by Crippen LogP contribution is -2.03. The first-order valence-electron chi connectivity index (χ1n) is 5.11. The fourth-order valence-corrected chi connectivity index (χ4v) is 2.25. The van der Waals surface area contributed by atoms with Crippen LogP contribution in [0, 0.1) is 0 Å². The van der Waals surface area contributed by atoms with Gasteiger partial charge in [0.15, 0.2) is 11.5 Å². The predicted molar refractivity (Wildman–Crippen MR) is 65.4 cm³/mol. The average molecular weight is 246 g/mol. The van der Waals surface area contributed by atoms with Gasteiger partial charge in [-0.05, 0) is 6.92 Å². The molecule has 0 saturated carbocycles. The molecule has 3 rings (SSSR count). The Balaban J connectivity index is 2.07. The molecule has 3 heterocycles. The number of rotatable bonds is 2. The first-order chi connectivity index (χ1) is 8.24. The van der Waals surface area contributed by atoms with E-state index in [-0.39, 0.29) is 6.04 Å². The topological polar surface area (TPSA) is 93.4 Å². The molecule has 0 aliphatic rings. The Morgan fingerprint density at radius 2 is 2.29 bits per heavy atom. The van der Waals surface area contributed by atoms with E-state index in [0.717, 1.165) is 16.2 Å². The van der Waals surface area contributed by atoms with Crippen LogP contribution in [-0.4, -0.2) is 24.9 Å². The number of nitrogens with two attached hydrogens (primary N) is 1. The fourth-order valence-electron chi connectivity index (χ4n) is 1.49. The Labute approximate surface area is 101 Å². The molecule has 3 aromatic rings. The van der Waals surface area contributed by atoms with Crippen molar-refractivity contribution in [2.75, 3.05) is 0 Å². The second kappa shape index (κ2) is 3.86. The highest BCUT2D eigenvalue weighted by atomic mass is 32.1. The molecule has 7 heteroatoms. The van der Waals surface area contributed by atoms with Crippen molar-refractivity contribution < 1.29 is 0 Å². The quantitative estimate of drug-likeness (QED) is 0.714. The normalized spacial score (nSPS) is 13.1. The van der Waals surface area contributed by atoms with Gasteiger partial charge >= 0.3 is 0 Å². The summed E-state index contributed by atoms with van der Waals surface area (Å²) >= 11 is 1.53. The SMILES string of the molecule is CC(N)c1nc(-c2nc3ncncc3[nH]2)cs1. The number of aromatic nitrogens is 5. The molecule has 0 spiro atoms. The first kappa shape index (κ1) is 10.3. The Morgan fingerprint density at radius 1 is 1.41 bits per heavy atom. The Hall–Kier alpha value is -1.86. The first-order valence-corrected chi connectivity index (χ1v) is 5.99. The van der Waals surface area contributed by atoms with Gasteiger partial charge in [-0.15, -0.1) is 11.3 Å². The minimum Gasteiger partial charge on any atom is -0.334 e. The van der Waals surface area contributed by atoms with Crippen molar-refractivity contribution in [3.8, 4) is 11.5 Å². The van der Waals surface area contributed by atoms with Crippen LogP contribution >= 0.6 is 11.3 Å². The summed E-state index contributed by atoms with van der Waals surface area (Å²) in [5.74, 6) is 0.698. The smallest absolute Gasteiger partial charge is 0.181 e. The van der Waals surface area contributed by atoms with E-state index in [4.69, 9.17) is 5.73 Å². The second-order valence-corrected chi connectivity index (χ2v) is 4.59. The molecule has 0 fully saturated rings. The number of hydrogen-bond acceptors (Lipinski definition) is 6. The minimum atomic E-state index is -0.0575. The number of H-pyrrole nitrogens is 1. The molecule has 0 saturated heterocycles. The lowest BCUT2D eigenvalue weighted by Gasteiger charge is -1.96. The van der Waals surface area contributed by atoms with Crippen LogP contribution in [0.5, 0.6) is 0 Å². The number of nitrogens with one attached hydrogen (secondary N) is 1. The number of hydrogen-bond donors (Lipinski definition) is 2. The van der Waals surface area contributed by atoms with Crippen LogP contribution in [0.4, 0.5) is 0 Å². The molecule has 1 atom stereocenters. The van der Waals surface area contributed by atoms with Gasteiger partial charge in [-0.2, -0.15) is 0 Å². The van der Waals surface area contributed by atoms with Gasteiger partial charge in [0.1, 0.15) is 22.5 Å². The van der Waals surface area contributed by atoms with Crippen molar-refractivity contribution in [1.29, 1.82) is 0 Å². The number of fused-ring (bicyclic) bond motifs is 1. The van der Waals surface area contributed by atoms with E-state index < -0.39 is 0 Å². The average Bonchev–Trinajstić information content (AvgIpc) is 2.95. The van der Waals surface area contributed by atoms with E-state index in [1.807, 2.05) is 12.3 Å². The summed E-state index contributed by atoms with van der Waals surface area (Å²) in [6.07, 6.45) is 3.17. The van der Waals surface area contributed by atoms with Gasteiger partial charge in [0.25, 0.3) is 0 Å². The zero-order valence-electron chi connectivity index (χ0n) is 9.08. The molecule has 86 valence electrons. The standard InChI is InChI=1S/C10H10N6S/c1-5(11)10-15-7(3-17-10)9-14-6-2-12-4-13-8(6)16-9/h2-5H,11H2,1H3,(H,12,13,14,16). The van der Waals surface area contributed by atoms with Crippen LogP contribution in [0.15, 0.2) is 17.9 Å². The molecule has 0 aliphatic heterocycles. The van der Waals surface area contributed by atoms with Gasteiger partial charge in [0.05, 0.1) is 12.2 Å². The lowest BCUT2D eigenvalue weighted by atomic mass is 10.4. The third-order valence-corrected chi connectivity index (χ3v) is 3.36. The molecule has 6 nitrogen and oxygen atoms in total. The Morgan fingerprint density at radius 3 is 3.00 bits per heavy atom. The van der Waals surface area contributed by atoms with E-state index in [9.17, 15) is 0 Å². The van der Waals surface area contributed by atoms with Crippen LogP contribution in [0.25, 0.3) is 22.7 Å². The van der Waals surface area contributed by atoms with Crippen LogP contribution < -0.4 is 5.73 Å². The molecule has 0 aromatic carbocycles. The van der Waals surface area contributed by atoms with Gasteiger partial charge < -0.3 is 10.7 Å². The van der Waals surface area contributed by atoms with Crippen LogP contribution in [0.1, 0.15) is 18.0 Å². The maximum Gasteiger partial charge on any atom is 0.181 e. The molecular weight excluding hydrogens is 236 g/mol. The minimum absolute atomic E-state index is 0.0575. The molecule has 3 N–H and O–H groups in total. The van der Waals surface area contributed by atoms with Crippen LogP contribution in [-0.2, 0) is 0 Å². The molecular formula is C10H10N6S. The molecule has 1 unspecified atom stereocenters. The lowest BCUT2D eigenvalue weighted by molar-refractivity contribution is 0.807. The Kier molecular flexibility index (Phi) is 2.34. The van der Waals surface area contributed by atoms with E-state index in [1.165, 1.54) is 17.7 Å². The van der Waals surface area contributed by atoms with Gasteiger partial charge in [0, 0.05) is 5.38 Å². The summed E-state index contributed by atoms with van der Waals surface area (Å²) in [7, 11) is 0. The molecule has 0 radical (unpaired) electrons. The number of aromatic amines is 1. The summed E-state index contributed by atoms with van der Waals surface area (Å²) in [6, 6.07) is -0.0575. The van der Waals surface area contributed by atoms with Gasteiger partial charge in [-0.3, -0.25) is 0 Å². The monoisotopic (exact) mass is 246 g/mol. The van der Waals surface area contributed by atoms with Crippen molar-refractivity contribution in [2.45, 2.75) is 13.0 Å². The maximum absolute atomic E-state index is 5.78. The highest BCUT2D eigenvalue weighted by Gasteiger charge is 2.11. The molecule has 0 bridgehead atoms. The largest absolute Gasteiger partial charge is 0.334 e. The highest BCUT2D eigenvalue weighted by Crippen LogP contribution is 2.23. The van der Waals surface area contributed by atoms with Crippen LogP contribution in [0.2, 0.25) is 0 Å².